The molecule has 0 heterocycles. The highest BCUT2D eigenvalue weighted by Gasteiger charge is 2.42. The van der Waals surface area contributed by atoms with Crippen LogP contribution < -0.4 is 0 Å². The van der Waals surface area contributed by atoms with Gasteiger partial charge in [-0.3, -0.25) is 14.9 Å². The van der Waals surface area contributed by atoms with E-state index in [2.05, 4.69) is 25.1 Å². The summed E-state index contributed by atoms with van der Waals surface area (Å²) in [6.07, 6.45) is 3.71. The number of nitrogens with zero attached hydrogens (tertiary/aromatic N) is 2. The van der Waals surface area contributed by atoms with Crippen LogP contribution in [-0.2, 0) is 26.3 Å². The van der Waals surface area contributed by atoms with Gasteiger partial charge in [-0.2, -0.15) is 0 Å². The van der Waals surface area contributed by atoms with Gasteiger partial charge in [0.1, 0.15) is 0 Å². The fourth-order valence-corrected chi connectivity index (χ4v) is 5.75. The normalized spacial score (nSPS) is 13.5. The van der Waals surface area contributed by atoms with E-state index in [1.807, 2.05) is 43.3 Å². The van der Waals surface area contributed by atoms with Gasteiger partial charge >= 0.3 is 5.97 Å². The molecule has 7 nitrogen and oxygen atoms in total. The lowest BCUT2D eigenvalue weighted by atomic mass is 9.71. The number of oxime groups is 1. The second-order valence-corrected chi connectivity index (χ2v) is 9.89. The molecule has 3 aromatic rings. The summed E-state index contributed by atoms with van der Waals surface area (Å²) in [5, 5.41) is 15.5. The second-order valence-electron chi connectivity index (χ2n) is 9.89. The zero-order valence-electron chi connectivity index (χ0n) is 22.2. The Morgan fingerprint density at radius 1 is 0.947 bits per heavy atom. The molecule has 0 N–H and O–H groups in total. The van der Waals surface area contributed by atoms with Gasteiger partial charge < -0.3 is 4.84 Å². The lowest BCUT2D eigenvalue weighted by Crippen LogP contribution is -2.25. The number of nitro groups is 1. The first kappa shape index (κ1) is 26.9. The topological polar surface area (TPSA) is 98.9 Å². The van der Waals surface area contributed by atoms with Gasteiger partial charge in [0.05, 0.1) is 4.92 Å². The van der Waals surface area contributed by atoms with Gasteiger partial charge in [0.2, 0.25) is 0 Å². The molecule has 0 unspecified atom stereocenters. The number of rotatable bonds is 10. The summed E-state index contributed by atoms with van der Waals surface area (Å²) in [5.74, 6) is -0.869. The molecule has 0 saturated heterocycles. The molecule has 4 rings (SSSR count). The van der Waals surface area contributed by atoms with Crippen molar-refractivity contribution in [1.29, 1.82) is 0 Å². The number of non-ortho nitro benzene ring substituents is 1. The number of benzene rings is 3. The van der Waals surface area contributed by atoms with Crippen LogP contribution in [0, 0.1) is 17.0 Å². The van der Waals surface area contributed by atoms with E-state index < -0.39 is 5.97 Å². The molecule has 0 bridgehead atoms. The molecule has 0 aromatic heterocycles. The minimum Gasteiger partial charge on any atom is -0.318 e. The Kier molecular flexibility index (Phi) is 7.86. The Balaban J connectivity index is 1.78. The van der Waals surface area contributed by atoms with Crippen LogP contribution in [0.2, 0.25) is 0 Å². The molecule has 0 aliphatic heterocycles. The van der Waals surface area contributed by atoms with Crippen LogP contribution in [-0.4, -0.2) is 22.4 Å². The fraction of sp³-hybridized carbons (Fsp3) is 0.323. The highest BCUT2D eigenvalue weighted by atomic mass is 16.7. The molecule has 0 spiro atoms. The number of Topliss-reactive ketones (excluding diaryl/α,β-unsaturated/α-hetero) is 1. The van der Waals surface area contributed by atoms with Crippen molar-refractivity contribution in [1.82, 2.24) is 0 Å². The maximum absolute atomic E-state index is 13.5. The van der Waals surface area contributed by atoms with Crippen molar-refractivity contribution in [2.24, 2.45) is 5.16 Å². The number of fused-ring (bicyclic) bond motifs is 3. The average Bonchev–Trinajstić information content (AvgIpc) is 3.14. The van der Waals surface area contributed by atoms with Crippen molar-refractivity contribution in [3.8, 4) is 11.1 Å². The molecule has 3 aromatic carbocycles. The van der Waals surface area contributed by atoms with Crippen molar-refractivity contribution in [2.75, 3.05) is 0 Å². The van der Waals surface area contributed by atoms with E-state index >= 15 is 0 Å². The second kappa shape index (κ2) is 11.1. The first-order valence-corrected chi connectivity index (χ1v) is 13.0. The third-order valence-electron chi connectivity index (χ3n) is 7.27. The van der Waals surface area contributed by atoms with Gasteiger partial charge in [-0.05, 0) is 59.2 Å². The summed E-state index contributed by atoms with van der Waals surface area (Å²) in [6.45, 7) is 7.38. The van der Waals surface area contributed by atoms with Crippen molar-refractivity contribution in [3.63, 3.8) is 0 Å². The minimum absolute atomic E-state index is 0.0680. The Morgan fingerprint density at radius 2 is 1.66 bits per heavy atom. The standard InChI is InChI=1S/C31H32N2O5/c1-5-15-31(16-6-2)27-14-11-22(17-26(27)25-13-12-23(33(36)37)19-28(25)31)18-29(35)30(32-38-21(4)34)24-10-8-7-9-20(24)3/h7-14,17,19H,5-6,15-16,18H2,1-4H3/b32-30+. The quantitative estimate of drug-likeness (QED) is 0.128. The van der Waals surface area contributed by atoms with Gasteiger partial charge in [0.15, 0.2) is 11.5 Å². The SMILES string of the molecule is CCCC1(CCC)c2ccc(CC(=O)/C(=N/OC(C)=O)c3ccccc3C)cc2-c2ccc([N+](=O)[O-])cc21. The zero-order chi connectivity index (χ0) is 27.4. The summed E-state index contributed by atoms with van der Waals surface area (Å²) in [6, 6.07) is 18.5. The van der Waals surface area contributed by atoms with Gasteiger partial charge in [-0.1, -0.05) is 74.3 Å². The van der Waals surface area contributed by atoms with Gasteiger partial charge in [-0.15, -0.1) is 0 Å². The predicted octanol–water partition coefficient (Wildman–Crippen LogP) is 6.85. The Bertz CT molecular complexity index is 1430. The first-order valence-electron chi connectivity index (χ1n) is 13.0. The summed E-state index contributed by atoms with van der Waals surface area (Å²) in [4.78, 5) is 41.1. The number of ketones is 1. The van der Waals surface area contributed by atoms with Gasteiger partial charge in [-0.25, -0.2) is 4.79 Å². The molecular weight excluding hydrogens is 480 g/mol. The van der Waals surface area contributed by atoms with Crippen molar-refractivity contribution < 1.29 is 19.3 Å². The average molecular weight is 513 g/mol. The maximum Gasteiger partial charge on any atom is 0.332 e. The van der Waals surface area contributed by atoms with Crippen LogP contribution in [0.5, 0.6) is 0 Å². The highest BCUT2D eigenvalue weighted by Crippen LogP contribution is 2.54. The zero-order valence-corrected chi connectivity index (χ0v) is 22.2. The Labute approximate surface area is 222 Å². The number of carbonyl (C=O) groups excluding carboxylic acids is 2. The van der Waals surface area contributed by atoms with Crippen LogP contribution in [0.1, 0.15) is 74.3 Å². The van der Waals surface area contributed by atoms with Crippen LogP contribution in [0.4, 0.5) is 5.69 Å². The van der Waals surface area contributed by atoms with E-state index in [0.717, 1.165) is 59.1 Å². The van der Waals surface area contributed by atoms with Crippen LogP contribution in [0.3, 0.4) is 0 Å². The largest absolute Gasteiger partial charge is 0.332 e. The molecule has 0 amide bonds. The van der Waals surface area contributed by atoms with Crippen LogP contribution in [0.25, 0.3) is 11.1 Å². The van der Waals surface area contributed by atoms with E-state index in [0.29, 0.717) is 5.56 Å². The van der Waals surface area contributed by atoms with Crippen molar-refractivity contribution in [3.05, 3.63) is 98.6 Å². The number of aryl methyl sites for hydroxylation is 1. The molecule has 38 heavy (non-hydrogen) atoms. The number of nitro benzene ring substituents is 1. The number of hydrogen-bond acceptors (Lipinski definition) is 6. The Hall–Kier alpha value is -4.13. The Morgan fingerprint density at radius 3 is 2.29 bits per heavy atom. The molecular formula is C31H32N2O5. The molecule has 1 aliphatic carbocycles. The monoisotopic (exact) mass is 512 g/mol. The molecule has 0 atom stereocenters. The number of carbonyl (C=O) groups is 2. The summed E-state index contributed by atoms with van der Waals surface area (Å²) in [5.41, 5.74) is 6.28. The van der Waals surface area contributed by atoms with Gasteiger partial charge in [0.25, 0.3) is 5.69 Å². The first-order chi connectivity index (χ1) is 18.2. The van der Waals surface area contributed by atoms with E-state index in [9.17, 15) is 19.7 Å². The van der Waals surface area contributed by atoms with Crippen molar-refractivity contribution >= 4 is 23.2 Å². The predicted molar refractivity (Wildman–Crippen MR) is 147 cm³/mol. The van der Waals surface area contributed by atoms with E-state index in [1.165, 1.54) is 6.92 Å². The van der Waals surface area contributed by atoms with Crippen molar-refractivity contribution in [2.45, 2.75) is 65.2 Å². The summed E-state index contributed by atoms with van der Waals surface area (Å²) >= 11 is 0. The lowest BCUT2D eigenvalue weighted by Gasteiger charge is -2.31. The molecule has 196 valence electrons. The van der Waals surface area contributed by atoms with E-state index in [-0.39, 0.29) is 33.9 Å². The molecule has 0 saturated carbocycles. The minimum atomic E-state index is -0.602. The third kappa shape index (κ3) is 5.01. The summed E-state index contributed by atoms with van der Waals surface area (Å²) < 4.78 is 0. The highest BCUT2D eigenvalue weighted by molar-refractivity contribution is 6.46. The molecule has 0 fully saturated rings. The maximum atomic E-state index is 13.5. The molecule has 0 radical (unpaired) electrons. The van der Waals surface area contributed by atoms with Crippen LogP contribution in [0.15, 0.2) is 65.8 Å². The third-order valence-corrected chi connectivity index (χ3v) is 7.27. The number of hydrogen-bond donors (Lipinski definition) is 0. The van der Waals surface area contributed by atoms with Gasteiger partial charge in [0, 0.05) is 36.5 Å². The smallest absolute Gasteiger partial charge is 0.318 e. The molecule has 7 heteroatoms. The van der Waals surface area contributed by atoms with E-state index in [1.54, 1.807) is 18.2 Å². The van der Waals surface area contributed by atoms with Crippen LogP contribution >= 0.6 is 0 Å². The van der Waals surface area contributed by atoms with E-state index in [4.69, 9.17) is 4.84 Å². The fourth-order valence-electron chi connectivity index (χ4n) is 5.75. The summed E-state index contributed by atoms with van der Waals surface area (Å²) in [7, 11) is 0. The lowest BCUT2D eigenvalue weighted by molar-refractivity contribution is -0.384. The molecule has 1 aliphatic rings.